The van der Waals surface area contributed by atoms with Crippen LogP contribution in [0.1, 0.15) is 53.2 Å². The Morgan fingerprint density at radius 2 is 1.86 bits per heavy atom. The Morgan fingerprint density at radius 3 is 2.62 bits per heavy atom. The van der Waals surface area contributed by atoms with Crippen LogP contribution in [0.25, 0.3) is 0 Å². The summed E-state index contributed by atoms with van der Waals surface area (Å²) in [6, 6.07) is 4.64. The van der Waals surface area contributed by atoms with Gasteiger partial charge in [-0.3, -0.25) is 9.69 Å². The van der Waals surface area contributed by atoms with Crippen LogP contribution in [0.15, 0.2) is 12.1 Å². The minimum absolute atomic E-state index is 0.210. The maximum Gasteiger partial charge on any atom is 0.223 e. The highest BCUT2D eigenvalue weighted by Crippen LogP contribution is 2.26. The molecule has 1 amide bonds. The van der Waals surface area contributed by atoms with Gasteiger partial charge in [-0.15, -0.1) is 10.2 Å². The molecule has 156 valence electrons. The number of benzene rings is 1. The van der Waals surface area contributed by atoms with Gasteiger partial charge >= 0.3 is 0 Å². The second-order valence-corrected chi connectivity index (χ2v) is 8.74. The summed E-state index contributed by atoms with van der Waals surface area (Å²) in [4.78, 5) is 14.5. The Kier molecular flexibility index (Phi) is 5.99. The van der Waals surface area contributed by atoms with Gasteiger partial charge in [0, 0.05) is 51.5 Å². The fourth-order valence-electron chi connectivity index (χ4n) is 4.31. The van der Waals surface area contributed by atoms with Crippen LogP contribution in [0.2, 0.25) is 0 Å². The number of hydrogen-bond donors (Lipinski definition) is 1. The van der Waals surface area contributed by atoms with E-state index in [2.05, 4.69) is 57.9 Å². The van der Waals surface area contributed by atoms with Gasteiger partial charge in [-0.25, -0.2) is 0 Å². The van der Waals surface area contributed by atoms with E-state index >= 15 is 0 Å². The van der Waals surface area contributed by atoms with Gasteiger partial charge in [-0.2, -0.15) is 0 Å². The molecular weight excluding hydrogens is 362 g/mol. The van der Waals surface area contributed by atoms with Crippen molar-refractivity contribution < 1.29 is 4.79 Å². The molecule has 0 radical (unpaired) electrons. The zero-order valence-corrected chi connectivity index (χ0v) is 18.0. The number of nitrogens with one attached hydrogen (secondary N) is 1. The molecule has 0 unspecified atom stereocenters. The second-order valence-electron chi connectivity index (χ2n) is 8.74. The third kappa shape index (κ3) is 4.53. The average Bonchev–Trinajstić information content (AvgIpc) is 2.90. The summed E-state index contributed by atoms with van der Waals surface area (Å²) in [5, 5.41) is 11.9. The number of aryl methyl sites for hydroxylation is 3. The molecule has 0 saturated heterocycles. The van der Waals surface area contributed by atoms with Gasteiger partial charge in [0.15, 0.2) is 0 Å². The standard InChI is InChI=1S/C23H33N5O/c1-16-13-18(3)20(14-17(16)2)15-27-10-8-22-26-25-21(28(22)12-11-27)7-9-24-23(29)19-5-4-6-19/h13-14,19H,4-12,15H2,1-3H3,(H,24,29). The molecule has 1 N–H and O–H groups in total. The zero-order valence-electron chi connectivity index (χ0n) is 18.0. The van der Waals surface area contributed by atoms with Crippen LogP contribution in [-0.2, 0) is 30.7 Å². The van der Waals surface area contributed by atoms with Crippen molar-refractivity contribution in [3.63, 3.8) is 0 Å². The molecular formula is C23H33N5O. The second kappa shape index (κ2) is 8.66. The first-order valence-corrected chi connectivity index (χ1v) is 11.0. The highest BCUT2D eigenvalue weighted by molar-refractivity contribution is 5.79. The molecule has 0 bridgehead atoms. The first-order chi connectivity index (χ1) is 14.0. The number of nitrogens with zero attached hydrogens (tertiary/aromatic N) is 4. The summed E-state index contributed by atoms with van der Waals surface area (Å²) in [5.74, 6) is 2.53. The van der Waals surface area contributed by atoms with Gasteiger partial charge in [0.2, 0.25) is 5.91 Å². The van der Waals surface area contributed by atoms with E-state index in [1.54, 1.807) is 0 Å². The average molecular weight is 396 g/mol. The summed E-state index contributed by atoms with van der Waals surface area (Å²) >= 11 is 0. The van der Waals surface area contributed by atoms with Gasteiger partial charge in [-0.1, -0.05) is 18.6 Å². The summed E-state index contributed by atoms with van der Waals surface area (Å²) < 4.78 is 2.27. The predicted molar refractivity (Wildman–Crippen MR) is 114 cm³/mol. The molecule has 2 heterocycles. The Morgan fingerprint density at radius 1 is 1.07 bits per heavy atom. The van der Waals surface area contributed by atoms with Crippen molar-refractivity contribution in [2.24, 2.45) is 5.92 Å². The number of aromatic nitrogens is 3. The molecule has 1 aliphatic carbocycles. The van der Waals surface area contributed by atoms with Crippen molar-refractivity contribution in [1.29, 1.82) is 0 Å². The SMILES string of the molecule is Cc1cc(C)c(CN2CCc3nnc(CCNC(=O)C4CCC4)n3CC2)cc1C. The number of rotatable bonds is 6. The van der Waals surface area contributed by atoms with Crippen molar-refractivity contribution >= 4 is 5.91 Å². The molecule has 0 atom stereocenters. The van der Waals surface area contributed by atoms with Crippen molar-refractivity contribution in [3.05, 3.63) is 46.0 Å². The van der Waals surface area contributed by atoms with E-state index in [4.69, 9.17) is 0 Å². The summed E-state index contributed by atoms with van der Waals surface area (Å²) in [6.07, 6.45) is 4.95. The van der Waals surface area contributed by atoms with E-state index in [1.165, 1.54) is 28.7 Å². The molecule has 2 aliphatic rings. The Labute approximate surface area is 173 Å². The lowest BCUT2D eigenvalue weighted by atomic mass is 9.85. The van der Waals surface area contributed by atoms with E-state index in [9.17, 15) is 4.79 Å². The van der Waals surface area contributed by atoms with Crippen LogP contribution >= 0.6 is 0 Å². The van der Waals surface area contributed by atoms with Gasteiger partial charge in [-0.05, 0) is 55.9 Å². The van der Waals surface area contributed by atoms with Crippen molar-refractivity contribution in [2.45, 2.75) is 66.0 Å². The number of carbonyl (C=O) groups is 1. The predicted octanol–water partition coefficient (Wildman–Crippen LogP) is 2.72. The molecule has 1 aliphatic heterocycles. The van der Waals surface area contributed by atoms with Crippen molar-refractivity contribution in [1.82, 2.24) is 25.0 Å². The lowest BCUT2D eigenvalue weighted by Gasteiger charge is -2.24. The normalized spacial score (nSPS) is 17.5. The fourth-order valence-corrected chi connectivity index (χ4v) is 4.31. The molecule has 1 aromatic heterocycles. The molecule has 0 spiro atoms. The summed E-state index contributed by atoms with van der Waals surface area (Å²) in [7, 11) is 0. The van der Waals surface area contributed by atoms with Crippen LogP contribution in [-0.4, -0.2) is 45.2 Å². The third-order valence-electron chi connectivity index (χ3n) is 6.67. The van der Waals surface area contributed by atoms with Gasteiger partial charge in [0.1, 0.15) is 11.6 Å². The number of hydrogen-bond acceptors (Lipinski definition) is 4. The van der Waals surface area contributed by atoms with E-state index in [0.29, 0.717) is 6.54 Å². The monoisotopic (exact) mass is 395 g/mol. The first kappa shape index (κ1) is 20.1. The number of carbonyl (C=O) groups excluding carboxylic acids is 1. The van der Waals surface area contributed by atoms with Gasteiger partial charge in [0.25, 0.3) is 0 Å². The van der Waals surface area contributed by atoms with Crippen molar-refractivity contribution in [2.75, 3.05) is 19.6 Å². The molecule has 6 heteroatoms. The third-order valence-corrected chi connectivity index (χ3v) is 6.67. The zero-order chi connectivity index (χ0) is 20.4. The van der Waals surface area contributed by atoms with E-state index in [1.807, 2.05) is 0 Å². The van der Waals surface area contributed by atoms with Gasteiger partial charge in [0.05, 0.1) is 0 Å². The van der Waals surface area contributed by atoms with Crippen molar-refractivity contribution in [3.8, 4) is 0 Å². The van der Waals surface area contributed by atoms with Gasteiger partial charge < -0.3 is 9.88 Å². The molecule has 29 heavy (non-hydrogen) atoms. The number of fused-ring (bicyclic) bond motifs is 1. The van der Waals surface area contributed by atoms with Crippen LogP contribution in [0.5, 0.6) is 0 Å². The molecule has 1 aromatic carbocycles. The Balaban J connectivity index is 1.33. The molecule has 2 aromatic rings. The Hall–Kier alpha value is -2.21. The minimum atomic E-state index is 0.210. The first-order valence-electron chi connectivity index (χ1n) is 11.0. The highest BCUT2D eigenvalue weighted by atomic mass is 16.1. The maximum atomic E-state index is 12.0. The van der Waals surface area contributed by atoms with E-state index in [-0.39, 0.29) is 11.8 Å². The summed E-state index contributed by atoms with van der Waals surface area (Å²) in [6.45, 7) is 11.1. The topological polar surface area (TPSA) is 63.1 Å². The number of amides is 1. The van der Waals surface area contributed by atoms with E-state index < -0.39 is 0 Å². The smallest absolute Gasteiger partial charge is 0.223 e. The maximum absolute atomic E-state index is 12.0. The highest BCUT2D eigenvalue weighted by Gasteiger charge is 2.25. The minimum Gasteiger partial charge on any atom is -0.355 e. The fraction of sp³-hybridized carbons (Fsp3) is 0.609. The molecule has 1 fully saturated rings. The lowest BCUT2D eigenvalue weighted by molar-refractivity contribution is -0.127. The van der Waals surface area contributed by atoms with E-state index in [0.717, 1.165) is 63.5 Å². The largest absolute Gasteiger partial charge is 0.355 e. The lowest BCUT2D eigenvalue weighted by Crippen LogP contribution is -2.35. The summed E-state index contributed by atoms with van der Waals surface area (Å²) in [5.41, 5.74) is 5.52. The molecule has 4 rings (SSSR count). The van der Waals surface area contributed by atoms with Crippen LogP contribution in [0.3, 0.4) is 0 Å². The Bertz CT molecular complexity index is 884. The quantitative estimate of drug-likeness (QED) is 0.817. The van der Waals surface area contributed by atoms with Crippen LogP contribution in [0, 0.1) is 26.7 Å². The van der Waals surface area contributed by atoms with Crippen LogP contribution < -0.4 is 5.32 Å². The molecule has 1 saturated carbocycles. The van der Waals surface area contributed by atoms with Crippen LogP contribution in [0.4, 0.5) is 0 Å². The molecule has 6 nitrogen and oxygen atoms in total.